The first-order valence-corrected chi connectivity index (χ1v) is 11.5. The summed E-state index contributed by atoms with van der Waals surface area (Å²) in [5.74, 6) is 1.38. The molecule has 158 valence electrons. The summed E-state index contributed by atoms with van der Waals surface area (Å²) in [5, 5.41) is 20.8. The Hall–Kier alpha value is -3.02. The Morgan fingerprint density at radius 2 is 1.61 bits per heavy atom. The highest BCUT2D eigenvalue weighted by Crippen LogP contribution is 2.46. The molecule has 0 saturated carbocycles. The number of rotatable bonds is 6. The molecule has 0 spiro atoms. The molecular formula is C26H25NO3S. The van der Waals surface area contributed by atoms with Gasteiger partial charge in [-0.15, -0.1) is 11.3 Å². The topological polar surface area (TPSA) is 52.9 Å². The predicted molar refractivity (Wildman–Crippen MR) is 127 cm³/mol. The van der Waals surface area contributed by atoms with E-state index in [0.717, 1.165) is 43.9 Å². The monoisotopic (exact) mass is 431 g/mol. The number of benzene rings is 3. The van der Waals surface area contributed by atoms with Crippen molar-refractivity contribution in [1.82, 2.24) is 4.90 Å². The highest BCUT2D eigenvalue weighted by Gasteiger charge is 2.17. The van der Waals surface area contributed by atoms with Crippen molar-refractivity contribution in [3.63, 3.8) is 0 Å². The Balaban J connectivity index is 1.51. The second kappa shape index (κ2) is 8.61. The van der Waals surface area contributed by atoms with Crippen molar-refractivity contribution in [1.29, 1.82) is 0 Å². The summed E-state index contributed by atoms with van der Waals surface area (Å²) in [7, 11) is 0. The zero-order valence-electron chi connectivity index (χ0n) is 17.3. The number of phenols is 2. The Kier molecular flexibility index (Phi) is 5.53. The highest BCUT2D eigenvalue weighted by molar-refractivity contribution is 7.23. The molecule has 4 aromatic rings. The molecule has 4 nitrogen and oxygen atoms in total. The fraction of sp³-hybridized carbons (Fsp3) is 0.231. The van der Waals surface area contributed by atoms with E-state index in [2.05, 4.69) is 17.0 Å². The molecule has 1 aromatic heterocycles. The summed E-state index contributed by atoms with van der Waals surface area (Å²) in [6.07, 6.45) is 2.58. The van der Waals surface area contributed by atoms with Crippen molar-refractivity contribution in [2.24, 2.45) is 0 Å². The first kappa shape index (κ1) is 19.9. The van der Waals surface area contributed by atoms with Crippen LogP contribution in [0.2, 0.25) is 0 Å². The summed E-state index contributed by atoms with van der Waals surface area (Å²) in [5.41, 5.74) is 3.24. The number of phenolic OH excluding ortho intramolecular Hbond substituents is 2. The first-order chi connectivity index (χ1) is 15.2. The van der Waals surface area contributed by atoms with Crippen molar-refractivity contribution in [3.8, 4) is 38.8 Å². The number of nitrogens with zero attached hydrogens (tertiary/aromatic N) is 1. The number of hydrogen-bond donors (Lipinski definition) is 2. The standard InChI is InChI=1S/C26H25NO3S/c28-20-8-6-18(7-9-20)26-25(23-11-10-21(29)17-24(23)31-26)19-4-3-5-22(16-19)30-15-14-27-12-1-2-13-27/h3-11,16-17,28-29H,1-2,12-15H2. The van der Waals surface area contributed by atoms with Gasteiger partial charge in [0.25, 0.3) is 0 Å². The number of aromatic hydroxyl groups is 2. The van der Waals surface area contributed by atoms with Crippen molar-refractivity contribution >= 4 is 21.4 Å². The van der Waals surface area contributed by atoms with Gasteiger partial charge in [-0.3, -0.25) is 4.90 Å². The van der Waals surface area contributed by atoms with Gasteiger partial charge >= 0.3 is 0 Å². The summed E-state index contributed by atoms with van der Waals surface area (Å²) in [6, 6.07) is 21.0. The van der Waals surface area contributed by atoms with Crippen molar-refractivity contribution in [2.75, 3.05) is 26.2 Å². The molecule has 0 amide bonds. The minimum Gasteiger partial charge on any atom is -0.508 e. The van der Waals surface area contributed by atoms with E-state index >= 15 is 0 Å². The van der Waals surface area contributed by atoms with Gasteiger partial charge in [0.1, 0.15) is 23.9 Å². The molecular weight excluding hydrogens is 406 g/mol. The number of ether oxygens (including phenoxy) is 1. The average Bonchev–Trinajstić information content (AvgIpc) is 3.42. The van der Waals surface area contributed by atoms with Crippen LogP contribution < -0.4 is 4.74 Å². The van der Waals surface area contributed by atoms with E-state index < -0.39 is 0 Å². The fourth-order valence-corrected chi connectivity index (χ4v) is 5.49. The molecule has 1 aliphatic heterocycles. The van der Waals surface area contributed by atoms with E-state index in [-0.39, 0.29) is 11.5 Å². The molecule has 0 aliphatic carbocycles. The van der Waals surface area contributed by atoms with Gasteiger partial charge in [-0.25, -0.2) is 0 Å². The summed E-state index contributed by atoms with van der Waals surface area (Å²) in [4.78, 5) is 3.56. The number of fused-ring (bicyclic) bond motifs is 1. The molecule has 1 saturated heterocycles. The third-order valence-electron chi connectivity index (χ3n) is 5.80. The highest BCUT2D eigenvalue weighted by atomic mass is 32.1. The minimum atomic E-state index is 0.248. The van der Waals surface area contributed by atoms with Gasteiger partial charge in [-0.05, 0) is 91.7 Å². The molecule has 2 heterocycles. The lowest BCUT2D eigenvalue weighted by molar-refractivity contribution is 0.238. The van der Waals surface area contributed by atoms with Crippen LogP contribution in [0.4, 0.5) is 0 Å². The molecule has 0 atom stereocenters. The number of hydrogen-bond acceptors (Lipinski definition) is 5. The molecule has 3 aromatic carbocycles. The first-order valence-electron chi connectivity index (χ1n) is 10.7. The maximum absolute atomic E-state index is 9.99. The van der Waals surface area contributed by atoms with Crippen molar-refractivity contribution < 1.29 is 14.9 Å². The smallest absolute Gasteiger partial charge is 0.119 e. The van der Waals surface area contributed by atoms with E-state index in [1.807, 2.05) is 36.4 Å². The molecule has 31 heavy (non-hydrogen) atoms. The van der Waals surface area contributed by atoms with Gasteiger partial charge in [-0.1, -0.05) is 12.1 Å². The lowest BCUT2D eigenvalue weighted by atomic mass is 9.98. The van der Waals surface area contributed by atoms with Crippen LogP contribution in [0.1, 0.15) is 12.8 Å². The molecule has 2 N–H and O–H groups in total. The number of likely N-dealkylation sites (tertiary alicyclic amines) is 1. The van der Waals surface area contributed by atoms with Gasteiger partial charge in [0.05, 0.1) is 0 Å². The van der Waals surface area contributed by atoms with Crippen molar-refractivity contribution in [2.45, 2.75) is 12.8 Å². The van der Waals surface area contributed by atoms with E-state index in [0.29, 0.717) is 6.61 Å². The van der Waals surface area contributed by atoms with Gasteiger partial charge in [0.2, 0.25) is 0 Å². The van der Waals surface area contributed by atoms with Crippen molar-refractivity contribution in [3.05, 3.63) is 66.7 Å². The van der Waals surface area contributed by atoms with Crippen LogP contribution in [-0.4, -0.2) is 41.4 Å². The van der Waals surface area contributed by atoms with Crippen LogP contribution in [0, 0.1) is 0 Å². The van der Waals surface area contributed by atoms with Gasteiger partial charge < -0.3 is 14.9 Å². The lowest BCUT2D eigenvalue weighted by Gasteiger charge is -2.15. The van der Waals surface area contributed by atoms with Gasteiger partial charge in [0, 0.05) is 27.1 Å². The van der Waals surface area contributed by atoms with Crippen LogP contribution >= 0.6 is 11.3 Å². The maximum atomic E-state index is 9.99. The van der Waals surface area contributed by atoms with Gasteiger partial charge in [0.15, 0.2) is 0 Å². The summed E-state index contributed by atoms with van der Waals surface area (Å²) in [6.45, 7) is 4.00. The van der Waals surface area contributed by atoms with Crippen LogP contribution in [-0.2, 0) is 0 Å². The normalized spacial score (nSPS) is 14.3. The van der Waals surface area contributed by atoms with E-state index in [1.54, 1.807) is 29.5 Å². The second-order valence-electron chi connectivity index (χ2n) is 7.96. The molecule has 1 aliphatic rings. The molecule has 0 radical (unpaired) electrons. The van der Waals surface area contributed by atoms with Crippen LogP contribution in [0.5, 0.6) is 17.2 Å². The minimum absolute atomic E-state index is 0.248. The third-order valence-corrected chi connectivity index (χ3v) is 7.00. The van der Waals surface area contributed by atoms with E-state index in [9.17, 15) is 10.2 Å². The zero-order valence-corrected chi connectivity index (χ0v) is 18.1. The Morgan fingerprint density at radius 3 is 2.42 bits per heavy atom. The second-order valence-corrected chi connectivity index (χ2v) is 9.01. The van der Waals surface area contributed by atoms with Crippen LogP contribution in [0.3, 0.4) is 0 Å². The zero-order chi connectivity index (χ0) is 21.2. The van der Waals surface area contributed by atoms with Crippen LogP contribution in [0.15, 0.2) is 66.7 Å². The average molecular weight is 432 g/mol. The Bertz CT molecular complexity index is 1190. The molecule has 5 heteroatoms. The van der Waals surface area contributed by atoms with Crippen LogP contribution in [0.25, 0.3) is 31.7 Å². The lowest BCUT2D eigenvalue weighted by Crippen LogP contribution is -2.25. The molecule has 0 bridgehead atoms. The largest absolute Gasteiger partial charge is 0.508 e. The molecule has 5 rings (SSSR count). The predicted octanol–water partition coefficient (Wildman–Crippen LogP) is 6.12. The molecule has 0 unspecified atom stereocenters. The van der Waals surface area contributed by atoms with Gasteiger partial charge in [-0.2, -0.15) is 0 Å². The summed E-state index contributed by atoms with van der Waals surface area (Å²) >= 11 is 1.64. The fourth-order valence-electron chi connectivity index (χ4n) is 4.23. The Labute approximate surface area is 186 Å². The number of thiophene rings is 1. The third kappa shape index (κ3) is 4.24. The van der Waals surface area contributed by atoms with E-state index in [1.165, 1.54) is 25.9 Å². The SMILES string of the molecule is Oc1ccc(-c2sc3cc(O)ccc3c2-c2cccc(OCCN3CCCC3)c2)cc1. The maximum Gasteiger partial charge on any atom is 0.119 e. The quantitative estimate of drug-likeness (QED) is 0.386. The summed E-state index contributed by atoms with van der Waals surface area (Å²) < 4.78 is 7.11. The van der Waals surface area contributed by atoms with E-state index in [4.69, 9.17) is 4.74 Å². The molecule has 1 fully saturated rings. The Morgan fingerprint density at radius 1 is 0.839 bits per heavy atom.